The highest BCUT2D eigenvalue weighted by Crippen LogP contribution is 2.36. The lowest BCUT2D eigenvalue weighted by Crippen LogP contribution is -2.30. The molecule has 3 rings (SSSR count). The largest absolute Gasteiger partial charge is 0.271 e. The number of thiophene rings is 1. The third kappa shape index (κ3) is 2.83. The number of fused-ring (bicyclic) bond motifs is 1. The van der Waals surface area contributed by atoms with Gasteiger partial charge >= 0.3 is 0 Å². The van der Waals surface area contributed by atoms with Gasteiger partial charge in [-0.1, -0.05) is 50.3 Å². The summed E-state index contributed by atoms with van der Waals surface area (Å²) in [6, 6.07) is 8.94. The SMILES string of the molecule is NNC(CC1CCCCC1)c1csc2ccccc12. The average molecular weight is 274 g/mol. The first-order chi connectivity index (χ1) is 9.38. The summed E-state index contributed by atoms with van der Waals surface area (Å²) in [4.78, 5) is 0. The molecule has 3 heteroatoms. The van der Waals surface area contributed by atoms with Crippen LogP contribution in [0.1, 0.15) is 50.1 Å². The van der Waals surface area contributed by atoms with E-state index in [1.807, 2.05) is 11.3 Å². The van der Waals surface area contributed by atoms with Gasteiger partial charge in [0.1, 0.15) is 0 Å². The zero-order chi connectivity index (χ0) is 13.1. The lowest BCUT2D eigenvalue weighted by molar-refractivity contribution is 0.302. The molecule has 1 aromatic carbocycles. The van der Waals surface area contributed by atoms with Crippen LogP contribution in [-0.2, 0) is 0 Å². The summed E-state index contributed by atoms with van der Waals surface area (Å²) >= 11 is 1.82. The fourth-order valence-corrected chi connectivity index (χ4v) is 4.32. The molecule has 1 unspecified atom stereocenters. The van der Waals surface area contributed by atoms with Crippen molar-refractivity contribution in [3.8, 4) is 0 Å². The molecule has 1 aliphatic rings. The standard InChI is InChI=1S/C16H22N2S/c17-18-15(10-12-6-2-1-3-7-12)14-11-19-16-9-5-4-8-13(14)16/h4-5,8-9,11-12,15,18H,1-3,6-7,10,17H2. The van der Waals surface area contributed by atoms with Gasteiger partial charge in [-0.15, -0.1) is 11.3 Å². The summed E-state index contributed by atoms with van der Waals surface area (Å²) in [5.41, 5.74) is 4.43. The van der Waals surface area contributed by atoms with Gasteiger partial charge in [-0.3, -0.25) is 11.3 Å². The van der Waals surface area contributed by atoms with Gasteiger partial charge < -0.3 is 0 Å². The summed E-state index contributed by atoms with van der Waals surface area (Å²) < 4.78 is 1.36. The molecule has 0 radical (unpaired) electrons. The van der Waals surface area contributed by atoms with Crippen molar-refractivity contribution in [2.45, 2.75) is 44.6 Å². The number of nitrogens with two attached hydrogens (primary N) is 1. The number of hydrazine groups is 1. The number of benzene rings is 1. The second-order valence-corrected chi connectivity index (χ2v) is 6.56. The van der Waals surface area contributed by atoms with E-state index in [4.69, 9.17) is 5.84 Å². The first-order valence-corrected chi connectivity index (χ1v) is 8.18. The van der Waals surface area contributed by atoms with E-state index in [1.54, 1.807) is 0 Å². The summed E-state index contributed by atoms with van der Waals surface area (Å²) in [5, 5.41) is 3.64. The Balaban J connectivity index is 1.81. The predicted octanol–water partition coefficient (Wildman–Crippen LogP) is 4.38. The fourth-order valence-electron chi connectivity index (χ4n) is 3.31. The maximum absolute atomic E-state index is 5.83. The quantitative estimate of drug-likeness (QED) is 0.641. The van der Waals surface area contributed by atoms with Gasteiger partial charge in [0.15, 0.2) is 0 Å². The molecule has 0 saturated heterocycles. The van der Waals surface area contributed by atoms with Crippen molar-refractivity contribution < 1.29 is 0 Å². The van der Waals surface area contributed by atoms with Crippen molar-refractivity contribution in [3.05, 3.63) is 35.2 Å². The highest BCUT2D eigenvalue weighted by molar-refractivity contribution is 7.17. The minimum atomic E-state index is 0.305. The molecule has 1 saturated carbocycles. The van der Waals surface area contributed by atoms with Crippen molar-refractivity contribution in [2.75, 3.05) is 0 Å². The summed E-state index contributed by atoms with van der Waals surface area (Å²) in [5.74, 6) is 6.67. The first-order valence-electron chi connectivity index (χ1n) is 7.30. The third-order valence-electron chi connectivity index (χ3n) is 4.38. The van der Waals surface area contributed by atoms with Crippen molar-refractivity contribution in [3.63, 3.8) is 0 Å². The van der Waals surface area contributed by atoms with Crippen LogP contribution in [0.5, 0.6) is 0 Å². The maximum atomic E-state index is 5.83. The van der Waals surface area contributed by atoms with Crippen LogP contribution in [0.4, 0.5) is 0 Å². The molecule has 1 heterocycles. The Morgan fingerprint density at radius 2 is 2.00 bits per heavy atom. The minimum Gasteiger partial charge on any atom is -0.271 e. The van der Waals surface area contributed by atoms with Crippen LogP contribution in [0, 0.1) is 5.92 Å². The zero-order valence-corrected chi connectivity index (χ0v) is 12.1. The van der Waals surface area contributed by atoms with Crippen LogP contribution >= 0.6 is 11.3 Å². The van der Waals surface area contributed by atoms with Crippen molar-refractivity contribution in [1.82, 2.24) is 5.43 Å². The Hall–Kier alpha value is -0.900. The van der Waals surface area contributed by atoms with Gasteiger partial charge in [0.2, 0.25) is 0 Å². The molecule has 1 atom stereocenters. The molecule has 2 aromatic rings. The lowest BCUT2D eigenvalue weighted by atomic mass is 9.83. The zero-order valence-electron chi connectivity index (χ0n) is 11.3. The molecule has 3 N–H and O–H groups in total. The van der Waals surface area contributed by atoms with Crippen LogP contribution in [-0.4, -0.2) is 0 Å². The number of hydrogen-bond donors (Lipinski definition) is 2. The summed E-state index contributed by atoms with van der Waals surface area (Å²) in [7, 11) is 0. The van der Waals surface area contributed by atoms with E-state index in [0.717, 1.165) is 5.92 Å². The van der Waals surface area contributed by atoms with Crippen LogP contribution in [0.15, 0.2) is 29.6 Å². The Bertz CT molecular complexity index is 528. The van der Waals surface area contributed by atoms with Crippen LogP contribution in [0.2, 0.25) is 0 Å². The van der Waals surface area contributed by atoms with E-state index in [9.17, 15) is 0 Å². The Labute approximate surface area is 119 Å². The third-order valence-corrected chi connectivity index (χ3v) is 5.36. The Morgan fingerprint density at radius 3 is 2.79 bits per heavy atom. The summed E-state index contributed by atoms with van der Waals surface area (Å²) in [6.07, 6.45) is 8.13. The molecule has 1 aliphatic carbocycles. The van der Waals surface area contributed by atoms with Gasteiger partial charge in [-0.2, -0.15) is 0 Å². The van der Waals surface area contributed by atoms with Gasteiger partial charge in [0.05, 0.1) is 0 Å². The van der Waals surface area contributed by atoms with E-state index in [1.165, 1.54) is 54.2 Å². The molecule has 2 nitrogen and oxygen atoms in total. The molecular weight excluding hydrogens is 252 g/mol. The Kier molecular flexibility index (Phi) is 4.16. The van der Waals surface area contributed by atoms with E-state index in [2.05, 4.69) is 35.1 Å². The van der Waals surface area contributed by atoms with Gasteiger partial charge in [0.25, 0.3) is 0 Å². The highest BCUT2D eigenvalue weighted by Gasteiger charge is 2.21. The normalized spacial score (nSPS) is 18.8. The summed E-state index contributed by atoms with van der Waals surface area (Å²) in [6.45, 7) is 0. The highest BCUT2D eigenvalue weighted by atomic mass is 32.1. The fraction of sp³-hybridized carbons (Fsp3) is 0.500. The Morgan fingerprint density at radius 1 is 1.21 bits per heavy atom. The van der Waals surface area contributed by atoms with E-state index in [-0.39, 0.29) is 0 Å². The molecule has 0 amide bonds. The van der Waals surface area contributed by atoms with Gasteiger partial charge in [0, 0.05) is 10.7 Å². The number of rotatable bonds is 4. The topological polar surface area (TPSA) is 38.0 Å². The van der Waals surface area contributed by atoms with E-state index in [0.29, 0.717) is 6.04 Å². The van der Waals surface area contributed by atoms with Gasteiger partial charge in [-0.05, 0) is 34.7 Å². The van der Waals surface area contributed by atoms with Crippen molar-refractivity contribution in [2.24, 2.45) is 11.8 Å². The number of nitrogens with one attached hydrogen (secondary N) is 1. The lowest BCUT2D eigenvalue weighted by Gasteiger charge is -2.26. The first kappa shape index (κ1) is 13.1. The average Bonchev–Trinajstić information content (AvgIpc) is 2.90. The van der Waals surface area contributed by atoms with Crippen LogP contribution < -0.4 is 11.3 Å². The van der Waals surface area contributed by atoms with Crippen molar-refractivity contribution >= 4 is 21.4 Å². The minimum absolute atomic E-state index is 0.305. The smallest absolute Gasteiger partial charge is 0.0477 e. The van der Waals surface area contributed by atoms with Crippen LogP contribution in [0.3, 0.4) is 0 Å². The second-order valence-electron chi connectivity index (χ2n) is 5.65. The van der Waals surface area contributed by atoms with E-state index < -0.39 is 0 Å². The molecule has 102 valence electrons. The molecule has 0 bridgehead atoms. The molecule has 1 aromatic heterocycles. The number of hydrogen-bond acceptors (Lipinski definition) is 3. The van der Waals surface area contributed by atoms with E-state index >= 15 is 0 Å². The monoisotopic (exact) mass is 274 g/mol. The predicted molar refractivity (Wildman–Crippen MR) is 83.1 cm³/mol. The molecule has 19 heavy (non-hydrogen) atoms. The maximum Gasteiger partial charge on any atom is 0.0477 e. The van der Waals surface area contributed by atoms with Gasteiger partial charge in [-0.25, -0.2) is 0 Å². The molecule has 0 aliphatic heterocycles. The van der Waals surface area contributed by atoms with Crippen LogP contribution in [0.25, 0.3) is 10.1 Å². The molecular formula is C16H22N2S. The second kappa shape index (κ2) is 6.04. The van der Waals surface area contributed by atoms with Crippen molar-refractivity contribution in [1.29, 1.82) is 0 Å². The molecule has 1 fully saturated rings. The molecule has 0 spiro atoms.